The number of methoxy groups -OCH3 is 1. The fraction of sp³-hybridized carbons (Fsp3) is 0.440. The van der Waals surface area contributed by atoms with Crippen molar-refractivity contribution < 1.29 is 17.9 Å². The van der Waals surface area contributed by atoms with E-state index in [9.17, 15) is 13.2 Å². The molecule has 10 heteroatoms. The minimum atomic E-state index is -3.63. The molecule has 0 bridgehead atoms. The normalized spacial score (nSPS) is 12.7. The van der Waals surface area contributed by atoms with E-state index in [0.717, 1.165) is 24.0 Å². The standard InChI is InChI=1S/C25H34N4O4S2/c1-6-11-18(4)26-24(30)17-34-25-27-20-16-19(35(31,32)28(7-2)8-3)14-15-21(20)29(25)22-12-9-10-13-23(22)33-5/h9-10,12-16,18H,6-8,11,17H2,1-5H3,(H,26,30). The quantitative estimate of drug-likeness (QED) is 0.356. The molecule has 1 N–H and O–H groups in total. The molecular weight excluding hydrogens is 484 g/mol. The first-order valence-electron chi connectivity index (χ1n) is 11.8. The number of carbonyl (C=O) groups excluding carboxylic acids is 1. The highest BCUT2D eigenvalue weighted by Gasteiger charge is 2.24. The van der Waals surface area contributed by atoms with E-state index in [4.69, 9.17) is 9.72 Å². The van der Waals surface area contributed by atoms with Crippen molar-refractivity contribution in [2.24, 2.45) is 0 Å². The van der Waals surface area contributed by atoms with Gasteiger partial charge < -0.3 is 10.1 Å². The summed E-state index contributed by atoms with van der Waals surface area (Å²) in [6.07, 6.45) is 1.91. The number of aromatic nitrogens is 2. The van der Waals surface area contributed by atoms with Crippen LogP contribution in [0, 0.1) is 0 Å². The Bertz CT molecular complexity index is 1270. The molecule has 35 heavy (non-hydrogen) atoms. The van der Waals surface area contributed by atoms with Crippen molar-refractivity contribution in [2.45, 2.75) is 56.6 Å². The molecule has 1 unspecified atom stereocenters. The maximum Gasteiger partial charge on any atom is 0.243 e. The van der Waals surface area contributed by atoms with Gasteiger partial charge in [0.05, 0.1) is 34.5 Å². The number of hydrogen-bond acceptors (Lipinski definition) is 6. The van der Waals surface area contributed by atoms with E-state index in [0.29, 0.717) is 29.5 Å². The van der Waals surface area contributed by atoms with Crippen LogP contribution < -0.4 is 10.1 Å². The molecule has 3 aromatic rings. The third-order valence-corrected chi connectivity index (χ3v) is 8.71. The molecule has 190 valence electrons. The number of para-hydroxylation sites is 2. The Labute approximate surface area is 212 Å². The van der Waals surface area contributed by atoms with E-state index in [-0.39, 0.29) is 22.6 Å². The Morgan fingerprint density at radius 1 is 1.17 bits per heavy atom. The molecule has 2 aromatic carbocycles. The first-order chi connectivity index (χ1) is 16.8. The molecule has 0 radical (unpaired) electrons. The van der Waals surface area contributed by atoms with Gasteiger partial charge in [0, 0.05) is 19.1 Å². The SMILES string of the molecule is CCCC(C)NC(=O)CSc1nc2cc(S(=O)(=O)N(CC)CC)ccc2n1-c1ccccc1OC. The van der Waals surface area contributed by atoms with E-state index in [1.807, 2.05) is 49.6 Å². The lowest BCUT2D eigenvalue weighted by molar-refractivity contribution is -0.119. The molecule has 1 amide bonds. The molecule has 0 spiro atoms. The van der Waals surface area contributed by atoms with Crippen molar-refractivity contribution in [3.05, 3.63) is 42.5 Å². The summed E-state index contributed by atoms with van der Waals surface area (Å²) in [7, 11) is -2.03. The number of ether oxygens (including phenoxy) is 1. The molecule has 8 nitrogen and oxygen atoms in total. The number of imidazole rings is 1. The van der Waals surface area contributed by atoms with Crippen LogP contribution in [-0.4, -0.2) is 60.2 Å². The summed E-state index contributed by atoms with van der Waals surface area (Å²) in [4.78, 5) is 17.5. The van der Waals surface area contributed by atoms with Gasteiger partial charge in [-0.1, -0.05) is 51.1 Å². The van der Waals surface area contributed by atoms with Crippen molar-refractivity contribution in [1.82, 2.24) is 19.2 Å². The molecule has 0 aliphatic carbocycles. The number of nitrogens with zero attached hydrogens (tertiary/aromatic N) is 3. The van der Waals surface area contributed by atoms with Crippen LogP contribution in [0.2, 0.25) is 0 Å². The van der Waals surface area contributed by atoms with Crippen LogP contribution in [0.25, 0.3) is 16.7 Å². The largest absolute Gasteiger partial charge is 0.495 e. The molecule has 0 saturated heterocycles. The molecule has 1 heterocycles. The van der Waals surface area contributed by atoms with Crippen LogP contribution in [0.5, 0.6) is 5.75 Å². The Balaban J connectivity index is 2.06. The van der Waals surface area contributed by atoms with Crippen molar-refractivity contribution in [1.29, 1.82) is 0 Å². The highest BCUT2D eigenvalue weighted by atomic mass is 32.2. The zero-order valence-electron chi connectivity index (χ0n) is 20.9. The first kappa shape index (κ1) is 27.0. The Morgan fingerprint density at radius 2 is 1.89 bits per heavy atom. The monoisotopic (exact) mass is 518 g/mol. The van der Waals surface area contributed by atoms with E-state index in [2.05, 4.69) is 12.2 Å². The number of fused-ring (bicyclic) bond motifs is 1. The number of carbonyl (C=O) groups is 1. The van der Waals surface area contributed by atoms with Crippen molar-refractivity contribution >= 4 is 38.7 Å². The third-order valence-electron chi connectivity index (χ3n) is 5.73. The van der Waals surface area contributed by atoms with Crippen LogP contribution in [0.15, 0.2) is 52.5 Å². The zero-order chi connectivity index (χ0) is 25.6. The van der Waals surface area contributed by atoms with Gasteiger partial charge in [-0.3, -0.25) is 9.36 Å². The molecule has 0 fully saturated rings. The minimum Gasteiger partial charge on any atom is -0.495 e. The summed E-state index contributed by atoms with van der Waals surface area (Å²) in [6.45, 7) is 8.49. The lowest BCUT2D eigenvalue weighted by atomic mass is 10.2. The second-order valence-corrected chi connectivity index (χ2v) is 11.1. The number of hydrogen-bond donors (Lipinski definition) is 1. The van der Waals surface area contributed by atoms with Gasteiger partial charge >= 0.3 is 0 Å². The topological polar surface area (TPSA) is 93.5 Å². The first-order valence-corrected chi connectivity index (χ1v) is 14.3. The second-order valence-electron chi connectivity index (χ2n) is 8.19. The van der Waals surface area contributed by atoms with Crippen LogP contribution in [-0.2, 0) is 14.8 Å². The highest BCUT2D eigenvalue weighted by Crippen LogP contribution is 2.33. The fourth-order valence-electron chi connectivity index (χ4n) is 4.01. The minimum absolute atomic E-state index is 0.0700. The fourth-order valence-corrected chi connectivity index (χ4v) is 6.32. The number of sulfonamides is 1. The number of rotatable bonds is 12. The molecule has 0 saturated carbocycles. The number of nitrogens with one attached hydrogen (secondary N) is 1. The number of amides is 1. The zero-order valence-corrected chi connectivity index (χ0v) is 22.6. The lowest BCUT2D eigenvalue weighted by Gasteiger charge is -2.18. The molecule has 1 aromatic heterocycles. The Hall–Kier alpha value is -2.56. The molecule has 0 aliphatic rings. The second kappa shape index (κ2) is 11.9. The van der Waals surface area contributed by atoms with E-state index in [1.165, 1.54) is 16.1 Å². The molecule has 1 atom stereocenters. The summed E-state index contributed by atoms with van der Waals surface area (Å²) in [5.74, 6) is 0.769. The van der Waals surface area contributed by atoms with Gasteiger partial charge in [-0.25, -0.2) is 13.4 Å². The summed E-state index contributed by atoms with van der Waals surface area (Å²) < 4.78 is 35.1. The van der Waals surface area contributed by atoms with Gasteiger partial charge in [0.1, 0.15) is 5.75 Å². The number of thioether (sulfide) groups is 1. The third kappa shape index (κ3) is 5.99. The smallest absolute Gasteiger partial charge is 0.243 e. The van der Waals surface area contributed by atoms with Gasteiger partial charge in [0.25, 0.3) is 0 Å². The average Bonchev–Trinajstić information content (AvgIpc) is 3.20. The van der Waals surface area contributed by atoms with E-state index >= 15 is 0 Å². The number of benzene rings is 2. The Morgan fingerprint density at radius 3 is 2.54 bits per heavy atom. The maximum atomic E-state index is 13.1. The van der Waals surface area contributed by atoms with Crippen LogP contribution in [0.1, 0.15) is 40.5 Å². The predicted molar refractivity (Wildman–Crippen MR) is 141 cm³/mol. The summed E-state index contributed by atoms with van der Waals surface area (Å²) >= 11 is 1.31. The van der Waals surface area contributed by atoms with Crippen LogP contribution in [0.4, 0.5) is 0 Å². The molecule has 0 aliphatic heterocycles. The highest BCUT2D eigenvalue weighted by molar-refractivity contribution is 7.99. The van der Waals surface area contributed by atoms with Crippen molar-refractivity contribution in [3.63, 3.8) is 0 Å². The Kier molecular flexibility index (Phi) is 9.21. The molecule has 3 rings (SSSR count). The summed E-state index contributed by atoms with van der Waals surface area (Å²) in [5, 5.41) is 3.60. The van der Waals surface area contributed by atoms with Gasteiger partial charge in [0.2, 0.25) is 15.9 Å². The lowest BCUT2D eigenvalue weighted by Crippen LogP contribution is -2.33. The molecular formula is C25H34N4O4S2. The van der Waals surface area contributed by atoms with E-state index < -0.39 is 10.0 Å². The van der Waals surface area contributed by atoms with Crippen molar-refractivity contribution in [3.8, 4) is 11.4 Å². The maximum absolute atomic E-state index is 13.1. The van der Waals surface area contributed by atoms with Crippen LogP contribution in [0.3, 0.4) is 0 Å². The van der Waals surface area contributed by atoms with Gasteiger partial charge in [-0.15, -0.1) is 0 Å². The van der Waals surface area contributed by atoms with Gasteiger partial charge in [0.15, 0.2) is 5.16 Å². The predicted octanol–water partition coefficient (Wildman–Crippen LogP) is 4.46. The van der Waals surface area contributed by atoms with Crippen molar-refractivity contribution in [2.75, 3.05) is 26.0 Å². The van der Waals surface area contributed by atoms with E-state index in [1.54, 1.807) is 25.3 Å². The van der Waals surface area contributed by atoms with Gasteiger partial charge in [-0.2, -0.15) is 4.31 Å². The summed E-state index contributed by atoms with van der Waals surface area (Å²) in [6, 6.07) is 12.6. The summed E-state index contributed by atoms with van der Waals surface area (Å²) in [5.41, 5.74) is 2.03. The van der Waals surface area contributed by atoms with Gasteiger partial charge in [-0.05, 0) is 43.7 Å². The average molecular weight is 519 g/mol. The van der Waals surface area contributed by atoms with Crippen LogP contribution >= 0.6 is 11.8 Å².